The first kappa shape index (κ1) is 36.6. The Balaban J connectivity index is 0. The van der Waals surface area contributed by atoms with Crippen molar-refractivity contribution in [2.75, 3.05) is 13.1 Å². The van der Waals surface area contributed by atoms with Gasteiger partial charge in [-0.2, -0.15) is 0 Å². The molecule has 0 radical (unpaired) electrons. The highest BCUT2D eigenvalue weighted by molar-refractivity contribution is 4.82. The van der Waals surface area contributed by atoms with Crippen molar-refractivity contribution in [1.29, 1.82) is 0 Å². The molecule has 0 aliphatic heterocycles. The van der Waals surface area contributed by atoms with E-state index in [0.29, 0.717) is 0 Å². The Morgan fingerprint density at radius 2 is 0.543 bits per heavy atom. The summed E-state index contributed by atoms with van der Waals surface area (Å²) in [6.07, 6.45) is 43.3. The molecule has 0 bridgehead atoms. The average Bonchev–Trinajstić information content (AvgIpc) is 2.87. The molecule has 0 rings (SSSR count). The number of hydrogen-bond acceptors (Lipinski definition) is 2. The maximum absolute atomic E-state index is 5.46. The fourth-order valence-corrected chi connectivity index (χ4v) is 4.25. The third kappa shape index (κ3) is 40.8. The van der Waals surface area contributed by atoms with Crippen molar-refractivity contribution >= 4 is 0 Å². The van der Waals surface area contributed by atoms with Crippen molar-refractivity contribution in [3.05, 3.63) is 24.3 Å². The molecule has 210 valence electrons. The summed E-state index contributed by atoms with van der Waals surface area (Å²) in [4.78, 5) is 0. The zero-order chi connectivity index (χ0) is 25.9. The van der Waals surface area contributed by atoms with E-state index in [-0.39, 0.29) is 0 Å². The molecule has 0 spiro atoms. The van der Waals surface area contributed by atoms with Crippen molar-refractivity contribution in [3.8, 4) is 0 Å². The van der Waals surface area contributed by atoms with Gasteiger partial charge in [-0.15, -0.1) is 0 Å². The van der Waals surface area contributed by atoms with Crippen molar-refractivity contribution in [3.63, 3.8) is 0 Å². The summed E-state index contributed by atoms with van der Waals surface area (Å²) in [5, 5.41) is 0. The van der Waals surface area contributed by atoms with Crippen LogP contribution in [0.1, 0.15) is 174 Å². The first-order valence-electron chi connectivity index (χ1n) is 16.0. The van der Waals surface area contributed by atoms with E-state index in [1.807, 2.05) is 0 Å². The van der Waals surface area contributed by atoms with Crippen molar-refractivity contribution in [1.82, 2.24) is 0 Å². The second kappa shape index (κ2) is 37.9. The Kier molecular flexibility index (Phi) is 39.6. The van der Waals surface area contributed by atoms with Crippen LogP contribution in [0.25, 0.3) is 0 Å². The zero-order valence-corrected chi connectivity index (χ0v) is 24.6. The van der Waals surface area contributed by atoms with Gasteiger partial charge in [0.2, 0.25) is 0 Å². The minimum Gasteiger partial charge on any atom is -0.330 e. The van der Waals surface area contributed by atoms with Crippen molar-refractivity contribution in [2.45, 2.75) is 174 Å². The molecule has 2 heteroatoms. The van der Waals surface area contributed by atoms with Gasteiger partial charge in [-0.05, 0) is 77.3 Å². The molecule has 0 saturated heterocycles. The fraction of sp³-hybridized carbons (Fsp3) is 0.879. The third-order valence-corrected chi connectivity index (χ3v) is 6.68. The maximum Gasteiger partial charge on any atom is -0.00773 e. The molecule has 0 amide bonds. The number of unbranched alkanes of at least 4 members (excludes halogenated alkanes) is 21. The summed E-state index contributed by atoms with van der Waals surface area (Å²) in [5.74, 6) is 0. The minimum atomic E-state index is 0.855. The van der Waals surface area contributed by atoms with E-state index in [9.17, 15) is 0 Å². The second-order valence-electron chi connectivity index (χ2n) is 10.4. The van der Waals surface area contributed by atoms with Gasteiger partial charge in [-0.1, -0.05) is 134 Å². The summed E-state index contributed by atoms with van der Waals surface area (Å²) in [5.41, 5.74) is 10.9. The maximum atomic E-state index is 5.46. The largest absolute Gasteiger partial charge is 0.330 e. The highest BCUT2D eigenvalue weighted by Gasteiger charge is 1.91. The van der Waals surface area contributed by atoms with Gasteiger partial charge < -0.3 is 11.5 Å². The normalized spacial score (nSPS) is 11.4. The lowest BCUT2D eigenvalue weighted by Crippen LogP contribution is -1.97. The van der Waals surface area contributed by atoms with Crippen LogP contribution in [0.15, 0.2) is 24.3 Å². The molecule has 0 unspecified atom stereocenters. The molecular weight excluding hydrogens is 424 g/mol. The van der Waals surface area contributed by atoms with E-state index in [0.717, 1.165) is 13.1 Å². The van der Waals surface area contributed by atoms with Crippen LogP contribution in [0.3, 0.4) is 0 Å². The Hall–Kier alpha value is -0.600. The first-order chi connectivity index (χ1) is 17.3. The quantitative estimate of drug-likeness (QED) is 0.0884. The number of hydrogen-bond donors (Lipinski definition) is 2. The summed E-state index contributed by atoms with van der Waals surface area (Å²) >= 11 is 0. The Bertz CT molecular complexity index is 371. The van der Waals surface area contributed by atoms with Crippen LogP contribution >= 0.6 is 0 Å². The van der Waals surface area contributed by atoms with Gasteiger partial charge in [0.15, 0.2) is 0 Å². The molecule has 0 aromatic carbocycles. The van der Waals surface area contributed by atoms with Crippen LogP contribution < -0.4 is 11.5 Å². The monoisotopic (exact) mass is 493 g/mol. The number of nitrogens with two attached hydrogens (primary N) is 2. The van der Waals surface area contributed by atoms with Crippen LogP contribution in [-0.2, 0) is 0 Å². The lowest BCUT2D eigenvalue weighted by atomic mass is 10.1. The molecule has 35 heavy (non-hydrogen) atoms. The van der Waals surface area contributed by atoms with E-state index in [4.69, 9.17) is 11.5 Å². The summed E-state index contributed by atoms with van der Waals surface area (Å²) in [6, 6.07) is 0. The summed E-state index contributed by atoms with van der Waals surface area (Å²) in [6.45, 7) is 6.26. The molecule has 0 aliphatic rings. The second-order valence-corrected chi connectivity index (χ2v) is 10.4. The molecule has 0 aromatic heterocycles. The van der Waals surface area contributed by atoms with Crippen LogP contribution in [0.2, 0.25) is 0 Å². The smallest absolute Gasteiger partial charge is 0.00773 e. The SMILES string of the molecule is CCCCCCCCC=CCCCCCCCN.CCCCCCCCC=CCCCCCCN. The van der Waals surface area contributed by atoms with E-state index in [2.05, 4.69) is 38.2 Å². The predicted octanol–water partition coefficient (Wildman–Crippen LogP) is 10.8. The van der Waals surface area contributed by atoms with Gasteiger partial charge in [-0.25, -0.2) is 0 Å². The number of rotatable bonds is 27. The Morgan fingerprint density at radius 1 is 0.314 bits per heavy atom. The molecular formula is C33H68N2. The van der Waals surface area contributed by atoms with E-state index >= 15 is 0 Å². The molecule has 0 fully saturated rings. The third-order valence-electron chi connectivity index (χ3n) is 6.68. The molecule has 0 heterocycles. The highest BCUT2D eigenvalue weighted by atomic mass is 14.5. The molecule has 0 aliphatic carbocycles. The molecule has 4 N–H and O–H groups in total. The lowest BCUT2D eigenvalue weighted by molar-refractivity contribution is 0.609. The fourth-order valence-electron chi connectivity index (χ4n) is 4.25. The van der Waals surface area contributed by atoms with Crippen LogP contribution in [0.4, 0.5) is 0 Å². The van der Waals surface area contributed by atoms with Crippen LogP contribution in [-0.4, -0.2) is 13.1 Å². The standard InChI is InChI=1S/C17H35N.C16H33N/c1-2-3-4-5-6-7-8-9-10-11-12-13-14-15-16-17-18;1-2-3-4-5-6-7-8-9-10-11-12-13-14-15-16-17/h9-10H,2-8,11-18H2,1H3;9-10H,2-8,11-17H2,1H3. The molecule has 0 atom stereocenters. The van der Waals surface area contributed by atoms with E-state index < -0.39 is 0 Å². The summed E-state index contributed by atoms with van der Waals surface area (Å²) < 4.78 is 0. The average molecular weight is 493 g/mol. The molecule has 2 nitrogen and oxygen atoms in total. The van der Waals surface area contributed by atoms with Gasteiger partial charge in [0, 0.05) is 0 Å². The van der Waals surface area contributed by atoms with E-state index in [1.165, 1.54) is 161 Å². The van der Waals surface area contributed by atoms with Gasteiger partial charge in [-0.3, -0.25) is 0 Å². The van der Waals surface area contributed by atoms with Gasteiger partial charge in [0.05, 0.1) is 0 Å². The van der Waals surface area contributed by atoms with Crippen molar-refractivity contribution in [2.24, 2.45) is 11.5 Å². The lowest BCUT2D eigenvalue weighted by Gasteiger charge is -1.98. The van der Waals surface area contributed by atoms with Crippen molar-refractivity contribution < 1.29 is 0 Å². The number of allylic oxidation sites excluding steroid dienone is 4. The minimum absolute atomic E-state index is 0.855. The van der Waals surface area contributed by atoms with Gasteiger partial charge >= 0.3 is 0 Å². The highest BCUT2D eigenvalue weighted by Crippen LogP contribution is 2.10. The van der Waals surface area contributed by atoms with Crippen LogP contribution in [0, 0.1) is 0 Å². The topological polar surface area (TPSA) is 52.0 Å². The Morgan fingerprint density at radius 3 is 0.800 bits per heavy atom. The Labute approximate surface area is 223 Å². The predicted molar refractivity (Wildman–Crippen MR) is 163 cm³/mol. The molecule has 0 aromatic rings. The molecule has 0 saturated carbocycles. The zero-order valence-electron chi connectivity index (χ0n) is 24.6. The first-order valence-corrected chi connectivity index (χ1v) is 16.0. The van der Waals surface area contributed by atoms with E-state index in [1.54, 1.807) is 0 Å². The summed E-state index contributed by atoms with van der Waals surface area (Å²) in [7, 11) is 0. The van der Waals surface area contributed by atoms with Gasteiger partial charge in [0.25, 0.3) is 0 Å². The van der Waals surface area contributed by atoms with Crippen LogP contribution in [0.5, 0.6) is 0 Å². The van der Waals surface area contributed by atoms with Gasteiger partial charge in [0.1, 0.15) is 0 Å².